The van der Waals surface area contributed by atoms with E-state index in [1.54, 1.807) is 6.92 Å². The van der Waals surface area contributed by atoms with Crippen molar-refractivity contribution in [2.45, 2.75) is 68.9 Å². The van der Waals surface area contributed by atoms with Gasteiger partial charge in [-0.05, 0) is 19.3 Å². The smallest absolute Gasteiger partial charge is 0.305 e. The number of aliphatic hydroxyl groups is 3. The molecule has 0 bridgehead atoms. The summed E-state index contributed by atoms with van der Waals surface area (Å²) in [7, 11) is 3.87. The fraction of sp³-hybridized carbons (Fsp3) is 0.933. The maximum Gasteiger partial charge on any atom is 0.305 e. The highest BCUT2D eigenvalue weighted by Crippen LogP contribution is 2.39. The molecule has 2 saturated heterocycles. The minimum atomic E-state index is -1.45. The van der Waals surface area contributed by atoms with E-state index in [2.05, 4.69) is 0 Å². The summed E-state index contributed by atoms with van der Waals surface area (Å²) in [6, 6.07) is 0. The van der Waals surface area contributed by atoms with E-state index in [1.165, 1.54) is 12.2 Å². The maximum atomic E-state index is 11.8. The lowest BCUT2D eigenvalue weighted by Crippen LogP contribution is -2.54. The topological polar surface area (TPSA) is 96.2 Å². The van der Waals surface area contributed by atoms with E-state index in [1.807, 2.05) is 21.6 Å². The number of hydrogen-bond acceptors (Lipinski definition) is 8. The van der Waals surface area contributed by atoms with Crippen LogP contribution >= 0.6 is 21.6 Å². The molecule has 2 fully saturated rings. The summed E-state index contributed by atoms with van der Waals surface area (Å²) in [4.78, 5) is 11.8. The molecule has 23 heavy (non-hydrogen) atoms. The van der Waals surface area contributed by atoms with Gasteiger partial charge >= 0.3 is 5.97 Å². The summed E-state index contributed by atoms with van der Waals surface area (Å²) in [5, 5.41) is 29.5. The summed E-state index contributed by atoms with van der Waals surface area (Å²) < 4.78 is 10.4. The Morgan fingerprint density at radius 2 is 2.04 bits per heavy atom. The summed E-state index contributed by atoms with van der Waals surface area (Å²) in [5.74, 6) is 0.519. The molecule has 0 aromatic carbocycles. The Balaban J connectivity index is 1.60. The summed E-state index contributed by atoms with van der Waals surface area (Å²) in [6.45, 7) is 1.67. The van der Waals surface area contributed by atoms with Crippen molar-refractivity contribution >= 4 is 27.6 Å². The molecule has 2 aliphatic rings. The number of ether oxygens (including phenoxy) is 2. The number of carbonyl (C=O) groups excluding carboxylic acids is 1. The van der Waals surface area contributed by atoms with Crippen LogP contribution in [0, 0.1) is 5.92 Å². The quantitative estimate of drug-likeness (QED) is 0.353. The van der Waals surface area contributed by atoms with Crippen LogP contribution in [-0.2, 0) is 14.3 Å². The Morgan fingerprint density at radius 1 is 1.26 bits per heavy atom. The highest BCUT2D eigenvalue weighted by molar-refractivity contribution is 8.77. The fourth-order valence-electron chi connectivity index (χ4n) is 2.73. The first kappa shape index (κ1) is 19.3. The molecule has 3 N–H and O–H groups in total. The number of aliphatic hydroxyl groups excluding tert-OH is 3. The van der Waals surface area contributed by atoms with E-state index in [0.717, 1.165) is 24.5 Å². The van der Waals surface area contributed by atoms with Crippen molar-refractivity contribution in [1.82, 2.24) is 0 Å². The van der Waals surface area contributed by atoms with Gasteiger partial charge in [-0.3, -0.25) is 4.79 Å². The normalized spacial score (nSPS) is 37.7. The first-order chi connectivity index (χ1) is 11.0. The van der Waals surface area contributed by atoms with Crippen LogP contribution in [0.5, 0.6) is 0 Å². The van der Waals surface area contributed by atoms with Crippen molar-refractivity contribution < 1.29 is 29.6 Å². The highest BCUT2D eigenvalue weighted by Gasteiger charge is 2.41. The second-order valence-corrected chi connectivity index (χ2v) is 8.95. The zero-order chi connectivity index (χ0) is 16.8. The lowest BCUT2D eigenvalue weighted by Gasteiger charge is -2.39. The van der Waals surface area contributed by atoms with E-state index >= 15 is 0 Å². The van der Waals surface area contributed by atoms with Crippen LogP contribution in [0.3, 0.4) is 0 Å². The Bertz CT molecular complexity index is 377. The van der Waals surface area contributed by atoms with E-state index in [4.69, 9.17) is 9.47 Å². The van der Waals surface area contributed by atoms with Crippen LogP contribution in [0.25, 0.3) is 0 Å². The molecule has 0 radical (unpaired) electrons. The summed E-state index contributed by atoms with van der Waals surface area (Å²) in [6.07, 6.45) is 0.119. The van der Waals surface area contributed by atoms with Gasteiger partial charge in [-0.25, -0.2) is 0 Å². The van der Waals surface area contributed by atoms with Crippen LogP contribution in [0.15, 0.2) is 0 Å². The summed E-state index contributed by atoms with van der Waals surface area (Å²) in [5.41, 5.74) is 0. The molecular formula is C15H26O6S2. The van der Waals surface area contributed by atoms with Gasteiger partial charge in [0.05, 0.1) is 12.2 Å². The standard InChI is InChI=1S/C15H26O6S2/c1-9-11(21-15(19)14(18)13(9)17)8-20-12(16)5-3-2-4-10-6-7-22-23-10/h9-11,13-15,17-19H,2-8H2,1H3. The average Bonchev–Trinajstić information content (AvgIpc) is 3.05. The van der Waals surface area contributed by atoms with Gasteiger partial charge in [-0.2, -0.15) is 0 Å². The third-order valence-electron chi connectivity index (χ3n) is 4.37. The molecule has 2 heterocycles. The SMILES string of the molecule is CC1C(COC(=O)CCCCC2CCSS2)OC(O)C(O)C1O. The zero-order valence-electron chi connectivity index (χ0n) is 13.3. The van der Waals surface area contributed by atoms with Gasteiger partial charge in [0.15, 0.2) is 6.29 Å². The van der Waals surface area contributed by atoms with Crippen LogP contribution in [0.4, 0.5) is 0 Å². The van der Waals surface area contributed by atoms with Gasteiger partial charge in [0.25, 0.3) is 0 Å². The Hall–Kier alpha value is 0.01000. The molecular weight excluding hydrogens is 340 g/mol. The van der Waals surface area contributed by atoms with Crippen molar-refractivity contribution in [2.24, 2.45) is 5.92 Å². The second-order valence-electron chi connectivity index (χ2n) is 6.16. The monoisotopic (exact) mass is 366 g/mol. The van der Waals surface area contributed by atoms with E-state index < -0.39 is 30.5 Å². The second kappa shape index (κ2) is 9.48. The molecule has 0 spiro atoms. The molecule has 2 rings (SSSR count). The van der Waals surface area contributed by atoms with Crippen LogP contribution in [-0.4, -0.2) is 63.5 Å². The fourth-order valence-corrected chi connectivity index (χ4v) is 5.75. The van der Waals surface area contributed by atoms with Crippen LogP contribution in [0.1, 0.15) is 39.0 Å². The van der Waals surface area contributed by atoms with Crippen molar-refractivity contribution in [3.8, 4) is 0 Å². The predicted molar refractivity (Wildman–Crippen MR) is 89.9 cm³/mol. The summed E-state index contributed by atoms with van der Waals surface area (Å²) >= 11 is 0. The number of carbonyl (C=O) groups is 1. The first-order valence-corrected chi connectivity index (χ1v) is 10.5. The third kappa shape index (κ3) is 5.79. The Kier molecular flexibility index (Phi) is 7.97. The van der Waals surface area contributed by atoms with Crippen molar-refractivity contribution in [3.05, 3.63) is 0 Å². The molecule has 6 atom stereocenters. The number of unbranched alkanes of at least 4 members (excludes halogenated alkanes) is 1. The molecule has 2 aliphatic heterocycles. The van der Waals surface area contributed by atoms with E-state index in [9.17, 15) is 20.1 Å². The van der Waals surface area contributed by atoms with Gasteiger partial charge < -0.3 is 24.8 Å². The molecule has 0 aliphatic carbocycles. The minimum absolute atomic E-state index is 0.0179. The van der Waals surface area contributed by atoms with Gasteiger partial charge in [0, 0.05) is 23.3 Å². The van der Waals surface area contributed by atoms with Crippen molar-refractivity contribution in [2.75, 3.05) is 12.4 Å². The lowest BCUT2D eigenvalue weighted by molar-refractivity contribution is -0.272. The molecule has 134 valence electrons. The van der Waals surface area contributed by atoms with Gasteiger partial charge in [-0.15, -0.1) is 0 Å². The highest BCUT2D eigenvalue weighted by atomic mass is 33.1. The van der Waals surface area contributed by atoms with E-state index in [0.29, 0.717) is 6.42 Å². The van der Waals surface area contributed by atoms with Crippen LogP contribution in [0.2, 0.25) is 0 Å². The van der Waals surface area contributed by atoms with Gasteiger partial charge in [-0.1, -0.05) is 34.9 Å². The molecule has 0 amide bonds. The Morgan fingerprint density at radius 3 is 2.74 bits per heavy atom. The molecule has 8 heteroatoms. The first-order valence-electron chi connectivity index (χ1n) is 8.12. The largest absolute Gasteiger partial charge is 0.463 e. The number of rotatable bonds is 7. The van der Waals surface area contributed by atoms with Crippen molar-refractivity contribution in [3.63, 3.8) is 0 Å². The van der Waals surface area contributed by atoms with Gasteiger partial charge in [0.1, 0.15) is 12.7 Å². The number of esters is 1. The third-order valence-corrected chi connectivity index (χ3v) is 7.38. The molecule has 0 aromatic heterocycles. The minimum Gasteiger partial charge on any atom is -0.463 e. The van der Waals surface area contributed by atoms with Gasteiger partial charge in [0.2, 0.25) is 0 Å². The molecule has 6 unspecified atom stereocenters. The Labute approximate surface area is 144 Å². The van der Waals surface area contributed by atoms with Crippen molar-refractivity contribution in [1.29, 1.82) is 0 Å². The predicted octanol–water partition coefficient (Wildman–Crippen LogP) is 1.32. The molecule has 0 saturated carbocycles. The lowest BCUT2D eigenvalue weighted by atomic mass is 9.91. The van der Waals surface area contributed by atoms with Crippen LogP contribution < -0.4 is 0 Å². The zero-order valence-corrected chi connectivity index (χ0v) is 14.9. The molecule has 6 nitrogen and oxygen atoms in total. The molecule has 0 aromatic rings. The van der Waals surface area contributed by atoms with E-state index in [-0.39, 0.29) is 12.6 Å². The number of hydrogen-bond donors (Lipinski definition) is 3. The maximum absolute atomic E-state index is 11.8. The average molecular weight is 367 g/mol.